The van der Waals surface area contributed by atoms with Crippen molar-refractivity contribution in [2.75, 3.05) is 17.7 Å². The molecule has 1 N–H and O–H groups in total. The Morgan fingerprint density at radius 2 is 2.00 bits per heavy atom. The summed E-state index contributed by atoms with van der Waals surface area (Å²) in [5.74, 6) is 0.828. The lowest BCUT2D eigenvalue weighted by molar-refractivity contribution is -0.113. The lowest BCUT2D eigenvalue weighted by Crippen LogP contribution is -2.14. The fourth-order valence-electron chi connectivity index (χ4n) is 2.46. The summed E-state index contributed by atoms with van der Waals surface area (Å²) in [6, 6.07) is 11.6. The van der Waals surface area contributed by atoms with Crippen LogP contribution >= 0.6 is 23.4 Å². The van der Waals surface area contributed by atoms with Gasteiger partial charge in [-0.15, -0.1) is 10.2 Å². The smallest absolute Gasteiger partial charge is 0.234 e. The van der Waals surface area contributed by atoms with Gasteiger partial charge in [0.15, 0.2) is 11.0 Å². The zero-order valence-electron chi connectivity index (χ0n) is 15.3. The quantitative estimate of drug-likeness (QED) is 0.573. The van der Waals surface area contributed by atoms with Crippen LogP contribution < -0.4 is 10.1 Å². The highest BCUT2D eigenvalue weighted by Crippen LogP contribution is 2.25. The van der Waals surface area contributed by atoms with E-state index in [1.54, 1.807) is 0 Å². The summed E-state index contributed by atoms with van der Waals surface area (Å²) in [6.45, 7) is 2.54. The molecule has 0 radical (unpaired) electrons. The van der Waals surface area contributed by atoms with Crippen molar-refractivity contribution < 1.29 is 13.9 Å². The number of benzene rings is 2. The zero-order chi connectivity index (χ0) is 20.1. The molecule has 3 rings (SSSR count). The van der Waals surface area contributed by atoms with E-state index in [9.17, 15) is 9.18 Å². The van der Waals surface area contributed by atoms with E-state index in [-0.39, 0.29) is 16.7 Å². The van der Waals surface area contributed by atoms with Gasteiger partial charge in [0.25, 0.3) is 0 Å². The first-order chi connectivity index (χ1) is 13.5. The van der Waals surface area contributed by atoms with Crippen molar-refractivity contribution in [3.63, 3.8) is 0 Å². The molecule has 1 heterocycles. The fraction of sp³-hybridized carbons (Fsp3) is 0.211. The molecule has 6 nitrogen and oxygen atoms in total. The van der Waals surface area contributed by atoms with Crippen LogP contribution in [0.4, 0.5) is 10.1 Å². The topological polar surface area (TPSA) is 69.0 Å². The molecule has 0 saturated heterocycles. The van der Waals surface area contributed by atoms with E-state index in [4.69, 9.17) is 16.3 Å². The fourth-order valence-corrected chi connectivity index (χ4v) is 3.35. The second-order valence-electron chi connectivity index (χ2n) is 5.79. The van der Waals surface area contributed by atoms with Gasteiger partial charge in [0.1, 0.15) is 11.6 Å². The first-order valence-electron chi connectivity index (χ1n) is 8.48. The number of hydrogen-bond acceptors (Lipinski definition) is 5. The van der Waals surface area contributed by atoms with Gasteiger partial charge in [0.2, 0.25) is 5.91 Å². The Labute approximate surface area is 171 Å². The molecule has 0 bridgehead atoms. The highest BCUT2D eigenvalue weighted by molar-refractivity contribution is 7.99. The predicted octanol–water partition coefficient (Wildman–Crippen LogP) is 4.40. The van der Waals surface area contributed by atoms with Gasteiger partial charge in [0.05, 0.1) is 17.4 Å². The maximum atomic E-state index is 13.2. The standard InChI is InChI=1S/C19H18ClFN4O2S/c1-3-27-14-7-4-12(5-8-14)18-23-24-19(25(18)2)28-11-17(26)22-13-6-9-16(21)15(20)10-13/h4-10H,3,11H2,1-2H3,(H,22,26). The first-order valence-corrected chi connectivity index (χ1v) is 9.84. The molecule has 146 valence electrons. The average Bonchev–Trinajstić information content (AvgIpc) is 3.04. The van der Waals surface area contributed by atoms with E-state index in [0.717, 1.165) is 11.3 Å². The van der Waals surface area contributed by atoms with Crippen molar-refractivity contribution in [1.82, 2.24) is 14.8 Å². The van der Waals surface area contributed by atoms with Gasteiger partial charge in [-0.3, -0.25) is 4.79 Å². The molecule has 0 spiro atoms. The van der Waals surface area contributed by atoms with E-state index < -0.39 is 5.82 Å². The van der Waals surface area contributed by atoms with Crippen LogP contribution in [-0.4, -0.2) is 33.0 Å². The van der Waals surface area contributed by atoms with Crippen molar-refractivity contribution in [1.29, 1.82) is 0 Å². The van der Waals surface area contributed by atoms with Gasteiger partial charge in [-0.1, -0.05) is 23.4 Å². The van der Waals surface area contributed by atoms with E-state index in [1.165, 1.54) is 30.0 Å². The molecule has 1 amide bonds. The van der Waals surface area contributed by atoms with Gasteiger partial charge in [-0.05, 0) is 49.4 Å². The Morgan fingerprint density at radius 3 is 2.68 bits per heavy atom. The van der Waals surface area contributed by atoms with E-state index in [1.807, 2.05) is 42.8 Å². The second kappa shape index (κ2) is 9.07. The second-order valence-corrected chi connectivity index (χ2v) is 7.14. The molecule has 0 atom stereocenters. The van der Waals surface area contributed by atoms with Crippen molar-refractivity contribution in [3.8, 4) is 17.1 Å². The number of aromatic nitrogens is 3. The maximum Gasteiger partial charge on any atom is 0.234 e. The molecule has 3 aromatic rings. The van der Waals surface area contributed by atoms with Crippen LogP contribution in [0, 0.1) is 5.82 Å². The molecule has 1 aromatic heterocycles. The van der Waals surface area contributed by atoms with Crippen LogP contribution in [0.3, 0.4) is 0 Å². The Balaban J connectivity index is 1.62. The van der Waals surface area contributed by atoms with Gasteiger partial charge < -0.3 is 14.6 Å². The van der Waals surface area contributed by atoms with Crippen LogP contribution in [0.5, 0.6) is 5.75 Å². The molecular weight excluding hydrogens is 403 g/mol. The van der Waals surface area contributed by atoms with Gasteiger partial charge in [-0.25, -0.2) is 4.39 Å². The maximum absolute atomic E-state index is 13.2. The number of rotatable bonds is 7. The average molecular weight is 421 g/mol. The van der Waals surface area contributed by atoms with E-state index in [0.29, 0.717) is 23.3 Å². The molecule has 0 aliphatic rings. The number of carbonyl (C=O) groups excluding carboxylic acids is 1. The molecular formula is C19H18ClFN4O2S. The molecule has 0 fully saturated rings. The molecule has 0 aliphatic heterocycles. The molecule has 0 saturated carbocycles. The van der Waals surface area contributed by atoms with Gasteiger partial charge >= 0.3 is 0 Å². The van der Waals surface area contributed by atoms with Crippen molar-refractivity contribution in [2.45, 2.75) is 12.1 Å². The third kappa shape index (κ3) is 4.82. The monoisotopic (exact) mass is 420 g/mol. The summed E-state index contributed by atoms with van der Waals surface area (Å²) in [5.41, 5.74) is 1.33. The summed E-state index contributed by atoms with van der Waals surface area (Å²) in [7, 11) is 1.84. The number of nitrogens with one attached hydrogen (secondary N) is 1. The number of nitrogens with zero attached hydrogens (tertiary/aromatic N) is 3. The van der Waals surface area contributed by atoms with E-state index >= 15 is 0 Å². The van der Waals surface area contributed by atoms with E-state index in [2.05, 4.69) is 15.5 Å². The SMILES string of the molecule is CCOc1ccc(-c2nnc(SCC(=O)Nc3ccc(F)c(Cl)c3)n2C)cc1. The minimum absolute atomic E-state index is 0.0428. The number of carbonyl (C=O) groups is 1. The molecule has 9 heteroatoms. The highest BCUT2D eigenvalue weighted by atomic mass is 35.5. The summed E-state index contributed by atoms with van der Waals surface area (Å²) in [6.07, 6.45) is 0. The van der Waals surface area contributed by atoms with Crippen molar-refractivity contribution in [2.24, 2.45) is 7.05 Å². The normalized spacial score (nSPS) is 10.7. The highest BCUT2D eigenvalue weighted by Gasteiger charge is 2.13. The minimum Gasteiger partial charge on any atom is -0.494 e. The van der Waals surface area contributed by atoms with Crippen LogP contribution in [0.2, 0.25) is 5.02 Å². The lowest BCUT2D eigenvalue weighted by atomic mass is 10.2. The summed E-state index contributed by atoms with van der Waals surface area (Å²) >= 11 is 6.97. The van der Waals surface area contributed by atoms with Crippen LogP contribution in [-0.2, 0) is 11.8 Å². The molecule has 2 aromatic carbocycles. The van der Waals surface area contributed by atoms with Gasteiger partial charge in [-0.2, -0.15) is 0 Å². The number of thioether (sulfide) groups is 1. The molecule has 0 aliphatic carbocycles. The minimum atomic E-state index is -0.532. The lowest BCUT2D eigenvalue weighted by Gasteiger charge is -2.07. The number of anilines is 1. The Morgan fingerprint density at radius 1 is 1.25 bits per heavy atom. The Bertz CT molecular complexity index is 979. The zero-order valence-corrected chi connectivity index (χ0v) is 16.9. The Kier molecular flexibility index (Phi) is 6.53. The van der Waals surface area contributed by atoms with Crippen LogP contribution in [0.1, 0.15) is 6.92 Å². The number of hydrogen-bond donors (Lipinski definition) is 1. The summed E-state index contributed by atoms with van der Waals surface area (Å²) in [4.78, 5) is 12.1. The van der Waals surface area contributed by atoms with Gasteiger partial charge in [0, 0.05) is 18.3 Å². The third-order valence-electron chi connectivity index (χ3n) is 3.79. The Hall–Kier alpha value is -2.58. The number of halogens is 2. The number of amides is 1. The van der Waals surface area contributed by atoms with Crippen molar-refractivity contribution in [3.05, 3.63) is 53.3 Å². The first kappa shape index (κ1) is 20.2. The van der Waals surface area contributed by atoms with Crippen molar-refractivity contribution >= 4 is 35.0 Å². The molecule has 0 unspecified atom stereocenters. The summed E-state index contributed by atoms with van der Waals surface area (Å²) in [5, 5.41) is 11.6. The van der Waals surface area contributed by atoms with Crippen LogP contribution in [0.15, 0.2) is 47.6 Å². The molecule has 28 heavy (non-hydrogen) atoms. The largest absolute Gasteiger partial charge is 0.494 e. The summed E-state index contributed by atoms with van der Waals surface area (Å²) < 4.78 is 20.4. The predicted molar refractivity (Wildman–Crippen MR) is 108 cm³/mol. The van der Waals surface area contributed by atoms with Crippen LogP contribution in [0.25, 0.3) is 11.4 Å². The third-order valence-corrected chi connectivity index (χ3v) is 5.10. The number of ether oxygens (including phenoxy) is 1.